The first kappa shape index (κ1) is 19.2. The molecule has 2 fully saturated rings. The van der Waals surface area contributed by atoms with Crippen LogP contribution in [0.15, 0.2) is 30.3 Å². The highest BCUT2D eigenvalue weighted by atomic mass is 16.4. The first-order valence-corrected chi connectivity index (χ1v) is 9.67. The van der Waals surface area contributed by atoms with Crippen molar-refractivity contribution >= 4 is 23.6 Å². The molecular weight excluding hydrogens is 346 g/mol. The highest BCUT2D eigenvalue weighted by Crippen LogP contribution is 2.30. The van der Waals surface area contributed by atoms with Crippen LogP contribution in [0.4, 0.5) is 10.5 Å². The Kier molecular flexibility index (Phi) is 6.32. The number of para-hydroxylation sites is 1. The number of carboxylic acids is 1. The van der Waals surface area contributed by atoms with Gasteiger partial charge in [0.05, 0.1) is 5.92 Å². The number of benzene rings is 1. The van der Waals surface area contributed by atoms with Crippen LogP contribution in [-0.4, -0.2) is 47.0 Å². The minimum absolute atomic E-state index is 0.0495. The molecule has 0 unspecified atom stereocenters. The fraction of sp³-hybridized carbons (Fsp3) is 0.550. The van der Waals surface area contributed by atoms with Gasteiger partial charge >= 0.3 is 12.0 Å². The molecule has 3 rings (SSSR count). The first-order valence-electron chi connectivity index (χ1n) is 9.67. The van der Waals surface area contributed by atoms with Crippen LogP contribution in [0.25, 0.3) is 0 Å². The van der Waals surface area contributed by atoms with E-state index in [0.717, 1.165) is 18.5 Å². The monoisotopic (exact) mass is 373 g/mol. The van der Waals surface area contributed by atoms with Gasteiger partial charge in [-0.2, -0.15) is 0 Å². The Bertz CT molecular complexity index is 663. The summed E-state index contributed by atoms with van der Waals surface area (Å²) in [5, 5.41) is 14.9. The smallest absolute Gasteiger partial charge is 0.319 e. The van der Waals surface area contributed by atoms with E-state index in [1.54, 1.807) is 0 Å². The Hall–Kier alpha value is -2.57. The fourth-order valence-electron chi connectivity index (χ4n) is 3.96. The van der Waals surface area contributed by atoms with Crippen molar-refractivity contribution in [3.8, 4) is 0 Å². The highest BCUT2D eigenvalue weighted by Gasteiger charge is 2.33. The van der Waals surface area contributed by atoms with Crippen molar-refractivity contribution in [2.24, 2.45) is 11.8 Å². The predicted molar refractivity (Wildman–Crippen MR) is 101 cm³/mol. The maximum Gasteiger partial charge on any atom is 0.319 e. The quantitative estimate of drug-likeness (QED) is 0.756. The Morgan fingerprint density at radius 1 is 0.889 bits per heavy atom. The molecule has 1 saturated carbocycles. The molecule has 1 aromatic carbocycles. The van der Waals surface area contributed by atoms with E-state index >= 15 is 0 Å². The summed E-state index contributed by atoms with van der Waals surface area (Å²) in [7, 11) is 0. The van der Waals surface area contributed by atoms with Gasteiger partial charge in [0.15, 0.2) is 0 Å². The van der Waals surface area contributed by atoms with Gasteiger partial charge in [0.25, 0.3) is 0 Å². The molecule has 0 bridgehead atoms. The topological polar surface area (TPSA) is 98.7 Å². The molecule has 1 heterocycles. The molecule has 1 aromatic rings. The minimum atomic E-state index is -0.749. The summed E-state index contributed by atoms with van der Waals surface area (Å²) in [4.78, 5) is 37.7. The summed E-state index contributed by atoms with van der Waals surface area (Å²) in [6, 6.07) is 9.12. The Morgan fingerprint density at radius 3 is 2.07 bits per heavy atom. The van der Waals surface area contributed by atoms with E-state index in [-0.39, 0.29) is 29.8 Å². The van der Waals surface area contributed by atoms with Crippen molar-refractivity contribution in [2.45, 2.75) is 44.6 Å². The highest BCUT2D eigenvalue weighted by molar-refractivity contribution is 5.89. The van der Waals surface area contributed by atoms with Gasteiger partial charge in [0.2, 0.25) is 5.91 Å². The predicted octanol–water partition coefficient (Wildman–Crippen LogP) is 2.69. The second kappa shape index (κ2) is 8.88. The number of urea groups is 1. The normalized spacial score (nSPS) is 23.5. The molecule has 1 aliphatic carbocycles. The van der Waals surface area contributed by atoms with Gasteiger partial charge in [-0.05, 0) is 50.7 Å². The van der Waals surface area contributed by atoms with Gasteiger partial charge in [-0.15, -0.1) is 0 Å². The van der Waals surface area contributed by atoms with Crippen LogP contribution < -0.4 is 10.6 Å². The number of piperidine rings is 1. The molecule has 0 spiro atoms. The molecule has 146 valence electrons. The minimum Gasteiger partial charge on any atom is -0.481 e. The van der Waals surface area contributed by atoms with Crippen LogP contribution >= 0.6 is 0 Å². The third-order valence-electron chi connectivity index (χ3n) is 5.60. The lowest BCUT2D eigenvalue weighted by Gasteiger charge is -2.36. The summed E-state index contributed by atoms with van der Waals surface area (Å²) in [6.45, 7) is 1.27. The van der Waals surface area contributed by atoms with Crippen LogP contribution in [-0.2, 0) is 9.59 Å². The maximum atomic E-state index is 12.7. The fourth-order valence-corrected chi connectivity index (χ4v) is 3.96. The standard InChI is InChI=1S/C20H27N3O4/c24-18(14-6-8-15(9-7-14)19(25)26)23-12-10-17(11-13-23)22-20(27)21-16-4-2-1-3-5-16/h1-5,14-15,17H,6-13H2,(H,25,26)(H2,21,22,27). The van der Waals surface area contributed by atoms with Crippen LogP contribution in [0.1, 0.15) is 38.5 Å². The number of rotatable bonds is 4. The van der Waals surface area contributed by atoms with E-state index in [4.69, 9.17) is 5.11 Å². The molecule has 3 amide bonds. The number of amides is 3. The van der Waals surface area contributed by atoms with Crippen molar-refractivity contribution in [1.82, 2.24) is 10.2 Å². The van der Waals surface area contributed by atoms with Gasteiger partial charge in [0.1, 0.15) is 0 Å². The zero-order valence-electron chi connectivity index (χ0n) is 15.4. The number of nitrogens with zero attached hydrogens (tertiary/aromatic N) is 1. The average molecular weight is 373 g/mol. The summed E-state index contributed by atoms with van der Waals surface area (Å²) in [5.41, 5.74) is 0.750. The van der Waals surface area contributed by atoms with E-state index in [9.17, 15) is 14.4 Å². The van der Waals surface area contributed by atoms with Gasteiger partial charge in [-0.25, -0.2) is 4.79 Å². The van der Waals surface area contributed by atoms with Gasteiger partial charge in [-0.3, -0.25) is 9.59 Å². The van der Waals surface area contributed by atoms with E-state index < -0.39 is 5.97 Å². The van der Waals surface area contributed by atoms with E-state index in [1.807, 2.05) is 35.2 Å². The van der Waals surface area contributed by atoms with Crippen molar-refractivity contribution in [2.75, 3.05) is 18.4 Å². The number of nitrogens with one attached hydrogen (secondary N) is 2. The van der Waals surface area contributed by atoms with E-state index in [0.29, 0.717) is 38.8 Å². The van der Waals surface area contributed by atoms with Crippen LogP contribution in [0, 0.1) is 11.8 Å². The summed E-state index contributed by atoms with van der Waals surface area (Å²) < 4.78 is 0. The molecular formula is C20H27N3O4. The summed E-state index contributed by atoms with van der Waals surface area (Å²) in [6.07, 6.45) is 3.96. The second-order valence-electron chi connectivity index (χ2n) is 7.45. The number of carboxylic acid groups (broad SMARTS) is 1. The van der Waals surface area contributed by atoms with Crippen molar-refractivity contribution < 1.29 is 19.5 Å². The molecule has 7 heteroatoms. The lowest BCUT2D eigenvalue weighted by atomic mass is 9.81. The van der Waals surface area contributed by atoms with Crippen molar-refractivity contribution in [3.05, 3.63) is 30.3 Å². The number of aliphatic carboxylic acids is 1. The molecule has 0 atom stereocenters. The molecule has 27 heavy (non-hydrogen) atoms. The zero-order valence-corrected chi connectivity index (χ0v) is 15.4. The summed E-state index contributed by atoms with van der Waals surface area (Å²) in [5.74, 6) is -0.953. The number of hydrogen-bond acceptors (Lipinski definition) is 3. The SMILES string of the molecule is O=C(Nc1ccccc1)NC1CCN(C(=O)C2CCC(C(=O)O)CC2)CC1. The van der Waals surface area contributed by atoms with Gasteiger partial charge in [0, 0.05) is 30.7 Å². The van der Waals surface area contributed by atoms with Gasteiger partial charge in [-0.1, -0.05) is 18.2 Å². The second-order valence-corrected chi connectivity index (χ2v) is 7.45. The molecule has 0 radical (unpaired) electrons. The average Bonchev–Trinajstić information content (AvgIpc) is 2.69. The van der Waals surface area contributed by atoms with Crippen LogP contribution in [0.5, 0.6) is 0 Å². The number of anilines is 1. The molecule has 1 saturated heterocycles. The molecule has 3 N–H and O–H groups in total. The maximum absolute atomic E-state index is 12.7. The third kappa shape index (κ3) is 5.21. The van der Waals surface area contributed by atoms with Gasteiger partial charge < -0.3 is 20.6 Å². The zero-order chi connectivity index (χ0) is 19.2. The molecule has 7 nitrogen and oxygen atoms in total. The van der Waals surface area contributed by atoms with E-state index in [1.165, 1.54) is 0 Å². The lowest BCUT2D eigenvalue weighted by Crippen LogP contribution is -2.49. The van der Waals surface area contributed by atoms with Crippen LogP contribution in [0.2, 0.25) is 0 Å². The van der Waals surface area contributed by atoms with Crippen molar-refractivity contribution in [1.29, 1.82) is 0 Å². The van der Waals surface area contributed by atoms with E-state index in [2.05, 4.69) is 10.6 Å². The largest absolute Gasteiger partial charge is 0.481 e. The molecule has 0 aromatic heterocycles. The Morgan fingerprint density at radius 2 is 1.48 bits per heavy atom. The van der Waals surface area contributed by atoms with Crippen molar-refractivity contribution in [3.63, 3.8) is 0 Å². The lowest BCUT2D eigenvalue weighted by molar-refractivity contribution is -0.146. The van der Waals surface area contributed by atoms with Crippen LogP contribution in [0.3, 0.4) is 0 Å². The number of carbonyl (C=O) groups excluding carboxylic acids is 2. The number of likely N-dealkylation sites (tertiary alicyclic amines) is 1. The number of carbonyl (C=O) groups is 3. The Balaban J connectivity index is 1.40. The molecule has 1 aliphatic heterocycles. The Labute approximate surface area is 159 Å². The summed E-state index contributed by atoms with van der Waals surface area (Å²) >= 11 is 0. The third-order valence-corrected chi connectivity index (χ3v) is 5.60. The number of hydrogen-bond donors (Lipinski definition) is 3. The molecule has 2 aliphatic rings. The first-order chi connectivity index (χ1) is 13.0.